The molecule has 2 aromatic carbocycles. The summed E-state index contributed by atoms with van der Waals surface area (Å²) >= 11 is 0. The summed E-state index contributed by atoms with van der Waals surface area (Å²) in [6.45, 7) is 0. The van der Waals surface area contributed by atoms with E-state index in [9.17, 15) is 5.26 Å². The number of para-hydroxylation sites is 2. The lowest BCUT2D eigenvalue weighted by molar-refractivity contribution is -0.464. The molecule has 0 saturated heterocycles. The van der Waals surface area contributed by atoms with Gasteiger partial charge in [0.25, 0.3) is 0 Å². The molecular weight excluding hydrogens is 300 g/mol. The minimum Gasteiger partial charge on any atom is -0.497 e. The molecule has 0 amide bonds. The number of nitriles is 1. The van der Waals surface area contributed by atoms with Gasteiger partial charge >= 0.3 is 0 Å². The van der Waals surface area contributed by atoms with Crippen LogP contribution in [0.25, 0.3) is 27.8 Å². The first-order valence-electron chi connectivity index (χ1n) is 7.52. The molecule has 0 aliphatic carbocycles. The van der Waals surface area contributed by atoms with Crippen LogP contribution >= 0.6 is 0 Å². The molecule has 0 spiro atoms. The van der Waals surface area contributed by atoms with Crippen molar-refractivity contribution in [1.29, 1.82) is 5.26 Å². The van der Waals surface area contributed by atoms with Gasteiger partial charge in [0.1, 0.15) is 28.4 Å². The number of nitrogens with zero attached hydrogens (tertiary/aromatic N) is 2. The Bertz CT molecular complexity index is 1100. The maximum absolute atomic E-state index is 9.65. The molecule has 24 heavy (non-hydrogen) atoms. The lowest BCUT2D eigenvalue weighted by Crippen LogP contribution is -2.26. The van der Waals surface area contributed by atoms with Crippen molar-refractivity contribution in [2.75, 3.05) is 12.8 Å². The number of rotatable bonds is 2. The van der Waals surface area contributed by atoms with Gasteiger partial charge in [-0.25, -0.2) is 0 Å². The molecule has 3 N–H and O–H groups in total. The van der Waals surface area contributed by atoms with Gasteiger partial charge in [0.05, 0.1) is 7.11 Å². The molecule has 0 atom stereocenters. The number of aromatic amines is 1. The maximum atomic E-state index is 9.65. The summed E-state index contributed by atoms with van der Waals surface area (Å²) in [5.41, 5.74) is 11.3. The molecule has 2 heterocycles. The van der Waals surface area contributed by atoms with Gasteiger partial charge in [-0.15, -0.1) is 0 Å². The quantitative estimate of drug-likeness (QED) is 0.558. The number of imidazole rings is 1. The standard InChI is InChI=1S/C19H14N4O/c1-24-13-8-6-12(7-9-13)14-10-18-22-16-4-2-3-5-17(16)23(18)19(21)15(14)11-20/h2-10H,1H3,(H2,21,22)/p+1. The third-order valence-corrected chi connectivity index (χ3v) is 4.21. The van der Waals surface area contributed by atoms with Crippen molar-refractivity contribution < 1.29 is 9.14 Å². The number of pyridine rings is 1. The zero-order valence-corrected chi connectivity index (χ0v) is 13.1. The Hall–Kier alpha value is -3.52. The molecule has 0 unspecified atom stereocenters. The number of nitrogen functional groups attached to an aromatic ring is 1. The Morgan fingerprint density at radius 2 is 1.88 bits per heavy atom. The average Bonchev–Trinajstić information content (AvgIpc) is 3.00. The van der Waals surface area contributed by atoms with E-state index in [1.165, 1.54) is 0 Å². The fraction of sp³-hybridized carbons (Fsp3) is 0.0526. The molecule has 0 radical (unpaired) electrons. The van der Waals surface area contributed by atoms with Crippen LogP contribution < -0.4 is 14.9 Å². The minimum absolute atomic E-state index is 0.429. The van der Waals surface area contributed by atoms with Crippen LogP contribution in [-0.4, -0.2) is 12.1 Å². The van der Waals surface area contributed by atoms with Crippen molar-refractivity contribution in [3.8, 4) is 22.9 Å². The summed E-state index contributed by atoms with van der Waals surface area (Å²) in [6.07, 6.45) is 0. The second-order valence-electron chi connectivity index (χ2n) is 5.52. The van der Waals surface area contributed by atoms with E-state index >= 15 is 0 Å². The number of ether oxygens (including phenoxy) is 1. The second kappa shape index (κ2) is 5.28. The Balaban J connectivity index is 2.05. The summed E-state index contributed by atoms with van der Waals surface area (Å²) in [5.74, 6) is 1.20. The highest BCUT2D eigenvalue weighted by Gasteiger charge is 2.20. The van der Waals surface area contributed by atoms with Crippen LogP contribution in [0.1, 0.15) is 5.56 Å². The number of hydrogen-bond donors (Lipinski definition) is 2. The van der Waals surface area contributed by atoms with Crippen molar-refractivity contribution in [1.82, 2.24) is 4.98 Å². The van der Waals surface area contributed by atoms with Gasteiger partial charge in [0, 0.05) is 11.6 Å². The Kier molecular flexibility index (Phi) is 3.10. The highest BCUT2D eigenvalue weighted by molar-refractivity contribution is 5.81. The first kappa shape index (κ1) is 14.1. The third kappa shape index (κ3) is 1.97. The van der Waals surface area contributed by atoms with Crippen LogP contribution in [-0.2, 0) is 0 Å². The Morgan fingerprint density at radius 1 is 1.12 bits per heavy atom. The number of methoxy groups -OCH3 is 1. The predicted octanol–water partition coefficient (Wildman–Crippen LogP) is 3.04. The van der Waals surface area contributed by atoms with Crippen LogP contribution in [0.5, 0.6) is 5.75 Å². The van der Waals surface area contributed by atoms with Gasteiger partial charge in [0.2, 0.25) is 11.5 Å². The van der Waals surface area contributed by atoms with Gasteiger partial charge in [0.15, 0.2) is 0 Å². The molecule has 4 aromatic rings. The number of hydrogen-bond acceptors (Lipinski definition) is 3. The summed E-state index contributed by atoms with van der Waals surface area (Å²) in [6, 6.07) is 19.7. The highest BCUT2D eigenvalue weighted by Crippen LogP contribution is 2.29. The lowest BCUT2D eigenvalue weighted by atomic mass is 10.0. The summed E-state index contributed by atoms with van der Waals surface area (Å²) in [7, 11) is 1.63. The maximum Gasteiger partial charge on any atom is 0.243 e. The fourth-order valence-corrected chi connectivity index (χ4v) is 3.03. The zero-order chi connectivity index (χ0) is 16.7. The first-order chi connectivity index (χ1) is 11.7. The van der Waals surface area contributed by atoms with Crippen molar-refractivity contribution in [3.05, 3.63) is 60.2 Å². The van der Waals surface area contributed by atoms with Gasteiger partial charge in [-0.3, -0.25) is 4.98 Å². The second-order valence-corrected chi connectivity index (χ2v) is 5.52. The van der Waals surface area contributed by atoms with Crippen molar-refractivity contribution in [2.45, 2.75) is 0 Å². The highest BCUT2D eigenvalue weighted by atomic mass is 16.5. The Morgan fingerprint density at radius 3 is 2.58 bits per heavy atom. The minimum atomic E-state index is 0.429. The molecule has 0 bridgehead atoms. The van der Waals surface area contributed by atoms with E-state index in [1.54, 1.807) is 7.11 Å². The number of H-pyrrole nitrogens is 1. The van der Waals surface area contributed by atoms with Crippen LogP contribution in [0, 0.1) is 11.3 Å². The van der Waals surface area contributed by atoms with E-state index in [4.69, 9.17) is 10.5 Å². The SMILES string of the molecule is COc1ccc(-c2cc3[nH]c4ccccc4[n+]3c(N)c2C#N)cc1. The fourth-order valence-electron chi connectivity index (χ4n) is 3.03. The average molecular weight is 315 g/mol. The monoisotopic (exact) mass is 315 g/mol. The third-order valence-electron chi connectivity index (χ3n) is 4.21. The largest absolute Gasteiger partial charge is 0.497 e. The molecule has 0 fully saturated rings. The van der Waals surface area contributed by atoms with Crippen LogP contribution in [0.2, 0.25) is 0 Å². The number of aromatic nitrogens is 2. The first-order valence-corrected chi connectivity index (χ1v) is 7.52. The van der Waals surface area contributed by atoms with Crippen molar-refractivity contribution >= 4 is 22.5 Å². The topological polar surface area (TPSA) is 78.9 Å². The van der Waals surface area contributed by atoms with Gasteiger partial charge in [-0.1, -0.05) is 24.3 Å². The molecule has 5 heteroatoms. The van der Waals surface area contributed by atoms with Crippen LogP contribution in [0.4, 0.5) is 5.82 Å². The molecule has 0 aliphatic heterocycles. The molecule has 5 nitrogen and oxygen atoms in total. The smallest absolute Gasteiger partial charge is 0.243 e. The zero-order valence-electron chi connectivity index (χ0n) is 13.1. The molecule has 2 aromatic heterocycles. The van der Waals surface area contributed by atoms with E-state index in [0.29, 0.717) is 11.4 Å². The summed E-state index contributed by atoms with van der Waals surface area (Å²) < 4.78 is 7.07. The number of fused-ring (bicyclic) bond motifs is 3. The summed E-state index contributed by atoms with van der Waals surface area (Å²) in [4.78, 5) is 3.35. The molecule has 0 aliphatic rings. The van der Waals surface area contributed by atoms with Crippen molar-refractivity contribution in [3.63, 3.8) is 0 Å². The normalized spacial score (nSPS) is 10.8. The lowest BCUT2D eigenvalue weighted by Gasteiger charge is -2.07. The van der Waals surface area contributed by atoms with Crippen LogP contribution in [0.3, 0.4) is 0 Å². The van der Waals surface area contributed by atoms with E-state index in [2.05, 4.69) is 11.1 Å². The van der Waals surface area contributed by atoms with E-state index in [1.807, 2.05) is 59.0 Å². The number of benzene rings is 2. The number of nitrogens with one attached hydrogen (secondary N) is 1. The summed E-state index contributed by atoms with van der Waals surface area (Å²) in [5, 5.41) is 9.65. The van der Waals surface area contributed by atoms with E-state index in [0.717, 1.165) is 33.6 Å². The van der Waals surface area contributed by atoms with E-state index in [-0.39, 0.29) is 0 Å². The van der Waals surface area contributed by atoms with Gasteiger partial charge in [-0.05, 0) is 29.8 Å². The molecular formula is C19H15N4O+. The van der Waals surface area contributed by atoms with Gasteiger partial charge in [-0.2, -0.15) is 9.66 Å². The molecule has 116 valence electrons. The number of anilines is 1. The molecule has 0 saturated carbocycles. The predicted molar refractivity (Wildman–Crippen MR) is 92.6 cm³/mol. The number of nitrogens with two attached hydrogens (primary N) is 1. The van der Waals surface area contributed by atoms with Crippen molar-refractivity contribution in [2.24, 2.45) is 0 Å². The Labute approximate surface area is 138 Å². The molecule has 4 rings (SSSR count). The van der Waals surface area contributed by atoms with E-state index < -0.39 is 0 Å². The van der Waals surface area contributed by atoms with Gasteiger partial charge < -0.3 is 10.5 Å². The van der Waals surface area contributed by atoms with Crippen LogP contribution in [0.15, 0.2) is 54.6 Å².